The first-order chi connectivity index (χ1) is 12.7. The minimum absolute atomic E-state index is 0.0602. The molecule has 0 spiro atoms. The van der Waals surface area contributed by atoms with Crippen LogP contribution in [0.1, 0.15) is 47.4 Å². The molecule has 0 saturated carbocycles. The molecule has 0 bridgehead atoms. The van der Waals surface area contributed by atoms with Crippen molar-refractivity contribution in [1.29, 1.82) is 0 Å². The summed E-state index contributed by atoms with van der Waals surface area (Å²) in [5.74, 6) is 0.554. The molecule has 1 aromatic heterocycles. The Labute approximate surface area is 153 Å². The molecule has 26 heavy (non-hydrogen) atoms. The van der Waals surface area contributed by atoms with E-state index in [2.05, 4.69) is 20.5 Å². The van der Waals surface area contributed by atoms with Crippen LogP contribution in [0.25, 0.3) is 0 Å². The number of aromatic nitrogens is 2. The number of nitrogens with one attached hydrogen (secondary N) is 2. The predicted octanol–water partition coefficient (Wildman–Crippen LogP) is 0.711. The minimum Gasteiger partial charge on any atom is -0.349 e. The summed E-state index contributed by atoms with van der Waals surface area (Å²) in [6, 6.07) is -0.0602. The van der Waals surface area contributed by atoms with Gasteiger partial charge in [0.1, 0.15) is 5.69 Å². The fourth-order valence-electron chi connectivity index (χ4n) is 3.94. The van der Waals surface area contributed by atoms with Crippen LogP contribution in [0, 0.1) is 0 Å². The Hall–Kier alpha value is -2.38. The average Bonchev–Trinajstić information content (AvgIpc) is 3.33. The lowest BCUT2D eigenvalue weighted by molar-refractivity contribution is 0.0943. The van der Waals surface area contributed by atoms with Gasteiger partial charge in [-0.1, -0.05) is 0 Å². The molecule has 2 fully saturated rings. The molecule has 3 heterocycles. The number of urea groups is 1. The summed E-state index contributed by atoms with van der Waals surface area (Å²) in [4.78, 5) is 37.7. The average molecular weight is 358 g/mol. The second kappa shape index (κ2) is 7.47. The molecule has 8 nitrogen and oxygen atoms in total. The Morgan fingerprint density at radius 1 is 1.08 bits per heavy atom. The Bertz CT molecular complexity index is 701. The lowest BCUT2D eigenvalue weighted by Gasteiger charge is -2.22. The van der Waals surface area contributed by atoms with Gasteiger partial charge in [-0.15, -0.1) is 0 Å². The first-order valence-electron chi connectivity index (χ1n) is 9.68. The Morgan fingerprint density at radius 3 is 2.65 bits per heavy atom. The van der Waals surface area contributed by atoms with Gasteiger partial charge in [0, 0.05) is 50.5 Å². The van der Waals surface area contributed by atoms with E-state index in [1.165, 1.54) is 0 Å². The second-order valence-electron chi connectivity index (χ2n) is 7.17. The second-order valence-corrected chi connectivity index (χ2v) is 7.17. The third-order valence-corrected chi connectivity index (χ3v) is 5.39. The zero-order valence-electron chi connectivity index (χ0n) is 15.1. The Balaban J connectivity index is 1.49. The summed E-state index contributed by atoms with van der Waals surface area (Å²) in [5, 5.41) is 5.71. The van der Waals surface area contributed by atoms with Crippen molar-refractivity contribution in [3.05, 3.63) is 17.0 Å². The van der Waals surface area contributed by atoms with E-state index in [0.717, 1.165) is 62.9 Å². The molecule has 0 aromatic carbocycles. The first-order valence-corrected chi connectivity index (χ1v) is 9.68. The van der Waals surface area contributed by atoms with E-state index < -0.39 is 0 Å². The van der Waals surface area contributed by atoms with Gasteiger partial charge in [-0.3, -0.25) is 4.79 Å². The lowest BCUT2D eigenvalue weighted by atomic mass is 9.94. The van der Waals surface area contributed by atoms with Crippen LogP contribution in [-0.4, -0.2) is 66.1 Å². The predicted molar refractivity (Wildman–Crippen MR) is 97.4 cm³/mol. The number of fused-ring (bicyclic) bond motifs is 1. The number of carbonyl (C=O) groups excluding carboxylic acids is 2. The maximum Gasteiger partial charge on any atom is 0.317 e. The number of carbonyl (C=O) groups is 2. The fraction of sp³-hybridized carbons (Fsp3) is 0.667. The highest BCUT2D eigenvalue weighted by Gasteiger charge is 2.25. The van der Waals surface area contributed by atoms with Gasteiger partial charge in [-0.25, -0.2) is 14.8 Å². The number of aryl methyl sites for hydroxylation is 1. The van der Waals surface area contributed by atoms with Crippen molar-refractivity contribution in [3.63, 3.8) is 0 Å². The van der Waals surface area contributed by atoms with Crippen molar-refractivity contribution in [2.24, 2.45) is 0 Å². The van der Waals surface area contributed by atoms with Crippen LogP contribution in [0.15, 0.2) is 0 Å². The van der Waals surface area contributed by atoms with E-state index in [0.29, 0.717) is 37.8 Å². The molecular formula is C18H26N6O2. The van der Waals surface area contributed by atoms with Crippen molar-refractivity contribution >= 4 is 17.9 Å². The quantitative estimate of drug-likeness (QED) is 0.809. The van der Waals surface area contributed by atoms with Gasteiger partial charge in [0.15, 0.2) is 0 Å². The zero-order chi connectivity index (χ0) is 17.9. The van der Waals surface area contributed by atoms with Gasteiger partial charge >= 0.3 is 6.03 Å². The van der Waals surface area contributed by atoms with E-state index in [1.54, 1.807) is 4.90 Å². The summed E-state index contributed by atoms with van der Waals surface area (Å²) in [5.41, 5.74) is 2.58. The fourth-order valence-corrected chi connectivity index (χ4v) is 3.94. The van der Waals surface area contributed by atoms with Crippen LogP contribution in [0.2, 0.25) is 0 Å². The van der Waals surface area contributed by atoms with E-state index in [9.17, 15) is 9.59 Å². The van der Waals surface area contributed by atoms with Crippen molar-refractivity contribution < 1.29 is 9.59 Å². The molecule has 2 aliphatic heterocycles. The summed E-state index contributed by atoms with van der Waals surface area (Å²) in [6.45, 7) is 4.24. The molecule has 2 saturated heterocycles. The number of rotatable bonds is 5. The molecule has 4 rings (SSSR count). The minimum atomic E-state index is -0.148. The van der Waals surface area contributed by atoms with Crippen LogP contribution in [0.5, 0.6) is 0 Å². The Morgan fingerprint density at radius 2 is 1.88 bits per heavy atom. The monoisotopic (exact) mass is 358 g/mol. The van der Waals surface area contributed by atoms with Crippen LogP contribution < -0.4 is 15.5 Å². The molecule has 140 valence electrons. The lowest BCUT2D eigenvalue weighted by Crippen LogP contribution is -2.37. The van der Waals surface area contributed by atoms with Crippen LogP contribution in [0.4, 0.5) is 10.7 Å². The van der Waals surface area contributed by atoms with Crippen molar-refractivity contribution in [1.82, 2.24) is 25.5 Å². The normalized spacial score (nSPS) is 19.5. The van der Waals surface area contributed by atoms with Crippen LogP contribution in [-0.2, 0) is 12.8 Å². The van der Waals surface area contributed by atoms with Crippen molar-refractivity contribution in [2.45, 2.75) is 38.5 Å². The van der Waals surface area contributed by atoms with E-state index in [4.69, 9.17) is 4.98 Å². The number of hydrogen-bond acceptors (Lipinski definition) is 5. The largest absolute Gasteiger partial charge is 0.349 e. The third kappa shape index (κ3) is 3.45. The summed E-state index contributed by atoms with van der Waals surface area (Å²) >= 11 is 0. The molecule has 1 aromatic rings. The maximum absolute atomic E-state index is 12.8. The molecule has 2 N–H and O–H groups in total. The highest BCUT2D eigenvalue weighted by Crippen LogP contribution is 2.26. The van der Waals surface area contributed by atoms with Gasteiger partial charge in [0.25, 0.3) is 5.91 Å². The molecule has 0 atom stereocenters. The maximum atomic E-state index is 12.8. The standard InChI is InChI=1S/C18H26N6O2/c25-16(19-7-11-24-12-8-20-18(24)26)15-13-5-1-2-6-14(13)21-17(22-15)23-9-3-4-10-23/h1-12H2,(H,19,25)(H,20,26). The number of nitrogens with zero attached hydrogens (tertiary/aromatic N) is 4. The summed E-state index contributed by atoms with van der Waals surface area (Å²) in [6.07, 6.45) is 6.29. The van der Waals surface area contributed by atoms with Crippen LogP contribution in [0.3, 0.4) is 0 Å². The highest BCUT2D eigenvalue weighted by atomic mass is 16.2. The van der Waals surface area contributed by atoms with Gasteiger partial charge in [-0.2, -0.15) is 0 Å². The Kier molecular flexibility index (Phi) is 4.90. The van der Waals surface area contributed by atoms with Crippen molar-refractivity contribution in [2.75, 3.05) is 44.2 Å². The smallest absolute Gasteiger partial charge is 0.317 e. The van der Waals surface area contributed by atoms with E-state index in [1.807, 2.05) is 0 Å². The summed E-state index contributed by atoms with van der Waals surface area (Å²) < 4.78 is 0. The zero-order valence-corrected chi connectivity index (χ0v) is 15.1. The van der Waals surface area contributed by atoms with E-state index in [-0.39, 0.29) is 11.9 Å². The SMILES string of the molecule is O=C(NCCN1CCNC1=O)c1nc(N2CCCC2)nc2c1CCCC2. The molecule has 1 aliphatic carbocycles. The van der Waals surface area contributed by atoms with Gasteiger partial charge in [0.05, 0.1) is 0 Å². The first kappa shape index (κ1) is 17.1. The third-order valence-electron chi connectivity index (χ3n) is 5.39. The topological polar surface area (TPSA) is 90.5 Å². The number of hydrogen-bond donors (Lipinski definition) is 2. The van der Waals surface area contributed by atoms with E-state index >= 15 is 0 Å². The van der Waals surface area contributed by atoms with Gasteiger partial charge < -0.3 is 20.4 Å². The number of amides is 3. The molecule has 3 aliphatic rings. The van der Waals surface area contributed by atoms with Gasteiger partial charge in [0.2, 0.25) is 5.95 Å². The molecule has 3 amide bonds. The van der Waals surface area contributed by atoms with Crippen molar-refractivity contribution in [3.8, 4) is 0 Å². The van der Waals surface area contributed by atoms with Crippen LogP contribution >= 0.6 is 0 Å². The van der Waals surface area contributed by atoms with Gasteiger partial charge in [-0.05, 0) is 38.5 Å². The molecular weight excluding hydrogens is 332 g/mol. The highest BCUT2D eigenvalue weighted by molar-refractivity contribution is 5.94. The molecule has 8 heteroatoms. The molecule has 0 radical (unpaired) electrons. The summed E-state index contributed by atoms with van der Waals surface area (Å²) in [7, 11) is 0. The molecule has 0 unspecified atom stereocenters. The number of anilines is 1.